The van der Waals surface area contributed by atoms with Gasteiger partial charge in [0.15, 0.2) is 5.17 Å². The van der Waals surface area contributed by atoms with E-state index in [-0.39, 0.29) is 11.5 Å². The van der Waals surface area contributed by atoms with Crippen LogP contribution in [0.1, 0.15) is 22.8 Å². The number of aliphatic imine (C=N–C) groups is 1. The Morgan fingerprint density at radius 2 is 1.75 bits per heavy atom. The average molecular weight is 445 g/mol. The number of amidine groups is 1. The van der Waals surface area contributed by atoms with E-state index in [1.54, 1.807) is 17.0 Å². The Morgan fingerprint density at radius 1 is 1.06 bits per heavy atom. The van der Waals surface area contributed by atoms with Crippen LogP contribution in [0.2, 0.25) is 0 Å². The third-order valence-corrected chi connectivity index (χ3v) is 5.61. The second-order valence-corrected chi connectivity index (χ2v) is 7.82. The van der Waals surface area contributed by atoms with E-state index >= 15 is 0 Å². The van der Waals surface area contributed by atoms with E-state index in [2.05, 4.69) is 4.99 Å². The zero-order valence-corrected chi connectivity index (χ0v) is 18.1. The highest BCUT2D eigenvalue weighted by molar-refractivity contribution is 8.19. The number of hydrogen-bond acceptors (Lipinski definition) is 5. The second-order valence-electron chi connectivity index (χ2n) is 6.81. The van der Waals surface area contributed by atoms with Crippen LogP contribution in [0.4, 0.5) is 11.4 Å². The molecule has 0 saturated carbocycles. The number of aromatic carboxylic acids is 1. The summed E-state index contributed by atoms with van der Waals surface area (Å²) >= 11 is 1.24. The van der Waals surface area contributed by atoms with Gasteiger partial charge in [-0.05, 0) is 67.2 Å². The molecule has 3 aromatic carbocycles. The number of amides is 1. The summed E-state index contributed by atoms with van der Waals surface area (Å²) in [5.74, 6) is -0.771. The molecule has 3 aromatic rings. The van der Waals surface area contributed by atoms with Gasteiger partial charge in [0, 0.05) is 5.56 Å². The highest BCUT2D eigenvalue weighted by Gasteiger charge is 2.35. The van der Waals surface area contributed by atoms with Crippen LogP contribution >= 0.6 is 11.8 Å². The normalized spacial score (nSPS) is 16.0. The van der Waals surface area contributed by atoms with E-state index < -0.39 is 5.97 Å². The van der Waals surface area contributed by atoms with Crippen LogP contribution in [-0.2, 0) is 4.79 Å². The maximum absolute atomic E-state index is 13.4. The molecule has 160 valence electrons. The first-order valence-corrected chi connectivity index (χ1v) is 10.8. The molecular weight excluding hydrogens is 424 g/mol. The molecule has 0 spiro atoms. The number of thioether (sulfide) groups is 1. The van der Waals surface area contributed by atoms with Crippen molar-refractivity contribution in [2.45, 2.75) is 6.92 Å². The van der Waals surface area contributed by atoms with Gasteiger partial charge < -0.3 is 9.84 Å². The molecule has 0 unspecified atom stereocenters. The summed E-state index contributed by atoms with van der Waals surface area (Å²) in [6.45, 7) is 2.26. The molecule has 0 aromatic heterocycles. The number of ether oxygens (including phenoxy) is 1. The van der Waals surface area contributed by atoms with Gasteiger partial charge in [-0.15, -0.1) is 0 Å². The highest BCUT2D eigenvalue weighted by Crippen LogP contribution is 2.38. The molecule has 1 N–H and O–H groups in total. The molecule has 1 aliphatic rings. The van der Waals surface area contributed by atoms with Gasteiger partial charge in [-0.3, -0.25) is 9.69 Å². The Kier molecular flexibility index (Phi) is 6.37. The largest absolute Gasteiger partial charge is 0.493 e. The van der Waals surface area contributed by atoms with Crippen molar-refractivity contribution in [3.05, 3.63) is 94.9 Å². The Balaban J connectivity index is 1.80. The molecule has 1 saturated heterocycles. The fourth-order valence-electron chi connectivity index (χ4n) is 3.19. The summed E-state index contributed by atoms with van der Waals surface area (Å²) < 4.78 is 5.65. The monoisotopic (exact) mass is 444 g/mol. The maximum atomic E-state index is 13.4. The van der Waals surface area contributed by atoms with Gasteiger partial charge in [0.1, 0.15) is 5.75 Å². The van der Waals surface area contributed by atoms with Crippen molar-refractivity contribution in [2.24, 2.45) is 4.99 Å². The highest BCUT2D eigenvalue weighted by atomic mass is 32.2. The molecular formula is C25H20N2O4S. The van der Waals surface area contributed by atoms with Gasteiger partial charge in [-0.1, -0.05) is 36.4 Å². The lowest BCUT2D eigenvalue weighted by molar-refractivity contribution is -0.113. The minimum absolute atomic E-state index is 0.119. The summed E-state index contributed by atoms with van der Waals surface area (Å²) in [6, 6.07) is 23.3. The number of rotatable bonds is 6. The molecule has 0 aliphatic carbocycles. The molecule has 1 fully saturated rings. The van der Waals surface area contributed by atoms with Crippen molar-refractivity contribution < 1.29 is 19.4 Å². The SMILES string of the molecule is CCOc1ccc(C(=O)O)cc1/C=C1\SC(=Nc2ccccc2)N(c2ccccc2)C1=O. The smallest absolute Gasteiger partial charge is 0.335 e. The lowest BCUT2D eigenvalue weighted by atomic mass is 10.1. The van der Waals surface area contributed by atoms with E-state index in [9.17, 15) is 14.7 Å². The summed E-state index contributed by atoms with van der Waals surface area (Å²) in [4.78, 5) is 31.5. The first-order chi connectivity index (χ1) is 15.6. The number of carboxylic acids is 1. The number of para-hydroxylation sites is 2. The first kappa shape index (κ1) is 21.4. The zero-order chi connectivity index (χ0) is 22.5. The zero-order valence-electron chi connectivity index (χ0n) is 17.3. The Bertz CT molecular complexity index is 1210. The number of carbonyl (C=O) groups is 2. The molecule has 0 bridgehead atoms. The van der Waals surface area contributed by atoms with Crippen LogP contribution in [0.25, 0.3) is 6.08 Å². The predicted molar refractivity (Wildman–Crippen MR) is 128 cm³/mol. The van der Waals surface area contributed by atoms with Gasteiger partial charge in [-0.2, -0.15) is 0 Å². The van der Waals surface area contributed by atoms with Gasteiger partial charge >= 0.3 is 5.97 Å². The van der Waals surface area contributed by atoms with Crippen molar-refractivity contribution in [3.8, 4) is 5.75 Å². The molecule has 1 amide bonds. The van der Waals surface area contributed by atoms with Crippen LogP contribution in [0, 0.1) is 0 Å². The van der Waals surface area contributed by atoms with Crippen molar-refractivity contribution in [1.29, 1.82) is 0 Å². The second kappa shape index (κ2) is 9.53. The molecule has 1 heterocycles. The maximum Gasteiger partial charge on any atom is 0.335 e. The third kappa shape index (κ3) is 4.58. The van der Waals surface area contributed by atoms with E-state index in [1.807, 2.05) is 67.6 Å². The van der Waals surface area contributed by atoms with Gasteiger partial charge in [0.25, 0.3) is 5.91 Å². The van der Waals surface area contributed by atoms with Crippen LogP contribution < -0.4 is 9.64 Å². The Morgan fingerprint density at radius 3 is 2.41 bits per heavy atom. The third-order valence-electron chi connectivity index (χ3n) is 4.64. The predicted octanol–water partition coefficient (Wildman–Crippen LogP) is 5.59. The Hall–Kier alpha value is -3.84. The fourth-order valence-corrected chi connectivity index (χ4v) is 4.18. The summed E-state index contributed by atoms with van der Waals surface area (Å²) in [5.41, 5.74) is 2.07. The number of hydrogen-bond donors (Lipinski definition) is 1. The van der Waals surface area contributed by atoms with Crippen LogP contribution in [0.15, 0.2) is 88.8 Å². The van der Waals surface area contributed by atoms with Crippen LogP contribution in [0.3, 0.4) is 0 Å². The number of benzene rings is 3. The lowest BCUT2D eigenvalue weighted by Gasteiger charge is -2.15. The van der Waals surface area contributed by atoms with E-state index in [4.69, 9.17) is 4.74 Å². The summed E-state index contributed by atoms with van der Waals surface area (Å²) in [7, 11) is 0. The molecule has 32 heavy (non-hydrogen) atoms. The summed E-state index contributed by atoms with van der Waals surface area (Å²) in [5, 5.41) is 9.90. The minimum Gasteiger partial charge on any atom is -0.493 e. The topological polar surface area (TPSA) is 79.2 Å². The van der Waals surface area contributed by atoms with Crippen molar-refractivity contribution >= 4 is 46.3 Å². The van der Waals surface area contributed by atoms with Crippen molar-refractivity contribution in [2.75, 3.05) is 11.5 Å². The standard InChI is InChI=1S/C25H20N2O4S/c1-2-31-21-14-13-17(24(29)30)15-18(21)16-22-23(28)27(20-11-7-4-8-12-20)25(32-22)26-19-9-5-3-6-10-19/h3-16H,2H2,1H3,(H,29,30)/b22-16-,26-25?. The Labute approximate surface area is 189 Å². The van der Waals surface area contributed by atoms with Crippen LogP contribution in [0.5, 0.6) is 5.75 Å². The van der Waals surface area contributed by atoms with Gasteiger partial charge in [-0.25, -0.2) is 9.79 Å². The number of carboxylic acid groups (broad SMARTS) is 1. The van der Waals surface area contributed by atoms with Gasteiger partial charge in [0.2, 0.25) is 0 Å². The minimum atomic E-state index is -1.05. The molecule has 1 aliphatic heterocycles. The van der Waals surface area contributed by atoms with Crippen molar-refractivity contribution in [1.82, 2.24) is 0 Å². The van der Waals surface area contributed by atoms with E-state index in [0.717, 1.165) is 5.69 Å². The molecule has 0 atom stereocenters. The number of anilines is 1. The lowest BCUT2D eigenvalue weighted by Crippen LogP contribution is -2.28. The number of carbonyl (C=O) groups excluding carboxylic acids is 1. The summed E-state index contributed by atoms with van der Waals surface area (Å²) in [6.07, 6.45) is 1.66. The molecule has 4 rings (SSSR count). The average Bonchev–Trinajstić information content (AvgIpc) is 3.10. The van der Waals surface area contributed by atoms with Gasteiger partial charge in [0.05, 0.1) is 28.5 Å². The quantitative estimate of drug-likeness (QED) is 0.501. The van der Waals surface area contributed by atoms with Crippen LogP contribution in [-0.4, -0.2) is 28.8 Å². The van der Waals surface area contributed by atoms with E-state index in [0.29, 0.717) is 33.7 Å². The molecule has 0 radical (unpaired) electrons. The van der Waals surface area contributed by atoms with E-state index in [1.165, 1.54) is 23.9 Å². The fraction of sp³-hybridized carbons (Fsp3) is 0.0800. The van der Waals surface area contributed by atoms with Crippen molar-refractivity contribution in [3.63, 3.8) is 0 Å². The first-order valence-electron chi connectivity index (χ1n) is 9.99. The molecule has 6 nitrogen and oxygen atoms in total. The molecule has 7 heteroatoms. The number of nitrogens with zero attached hydrogens (tertiary/aromatic N) is 2.